The normalized spacial score (nSPS) is 30.1. The third-order valence-corrected chi connectivity index (χ3v) is 2.51. The molecule has 5 heteroatoms. The van der Waals surface area contributed by atoms with E-state index >= 15 is 0 Å². The summed E-state index contributed by atoms with van der Waals surface area (Å²) in [6.45, 7) is -0.266. The number of hydrogen-bond acceptors (Lipinski definition) is 2. The van der Waals surface area contributed by atoms with Crippen LogP contribution in [0.1, 0.15) is 6.42 Å². The summed E-state index contributed by atoms with van der Waals surface area (Å²) in [5.74, 6) is 0.301. The molecule has 76 valence electrons. The van der Waals surface area contributed by atoms with Crippen molar-refractivity contribution in [2.75, 3.05) is 6.61 Å². The summed E-state index contributed by atoms with van der Waals surface area (Å²) in [5.41, 5.74) is -1.79. The Labute approximate surface area is 88.4 Å². The third-order valence-electron chi connectivity index (χ3n) is 2.07. The standard InChI is InChI=1S/C9H8BrF2NO/c10-7-2-1-3-8(13-7)14-5-9(12)4-6(9)11/h1-3,6H,4-5H2. The topological polar surface area (TPSA) is 22.1 Å². The quantitative estimate of drug-likeness (QED) is 0.783. The molecular weight excluding hydrogens is 256 g/mol. The summed E-state index contributed by atoms with van der Waals surface area (Å²) in [6.07, 6.45) is -1.45. The molecule has 0 radical (unpaired) electrons. The van der Waals surface area contributed by atoms with E-state index in [1.807, 2.05) is 0 Å². The Morgan fingerprint density at radius 1 is 1.64 bits per heavy atom. The maximum atomic E-state index is 13.1. The van der Waals surface area contributed by atoms with E-state index in [2.05, 4.69) is 20.9 Å². The van der Waals surface area contributed by atoms with Crippen molar-refractivity contribution in [3.8, 4) is 5.88 Å². The highest BCUT2D eigenvalue weighted by atomic mass is 79.9. The van der Waals surface area contributed by atoms with E-state index in [1.165, 1.54) is 0 Å². The Morgan fingerprint density at radius 2 is 2.36 bits per heavy atom. The zero-order valence-corrected chi connectivity index (χ0v) is 8.80. The van der Waals surface area contributed by atoms with E-state index in [0.29, 0.717) is 10.5 Å². The minimum Gasteiger partial charge on any atom is -0.474 e. The molecule has 0 aliphatic heterocycles. The summed E-state index contributed by atoms with van der Waals surface area (Å²) in [4.78, 5) is 3.93. The summed E-state index contributed by atoms with van der Waals surface area (Å²) in [6, 6.07) is 5.05. The molecule has 2 unspecified atom stereocenters. The number of hydrogen-bond donors (Lipinski definition) is 0. The van der Waals surface area contributed by atoms with Gasteiger partial charge in [-0.1, -0.05) is 6.07 Å². The monoisotopic (exact) mass is 263 g/mol. The molecule has 1 heterocycles. The van der Waals surface area contributed by atoms with E-state index in [9.17, 15) is 8.78 Å². The van der Waals surface area contributed by atoms with Gasteiger partial charge in [-0.25, -0.2) is 13.8 Å². The molecule has 0 spiro atoms. The molecule has 0 bridgehead atoms. The van der Waals surface area contributed by atoms with Gasteiger partial charge in [0, 0.05) is 12.5 Å². The number of aromatic nitrogens is 1. The highest BCUT2D eigenvalue weighted by molar-refractivity contribution is 9.10. The molecule has 0 amide bonds. The molecule has 2 nitrogen and oxygen atoms in total. The highest BCUT2D eigenvalue weighted by Crippen LogP contribution is 2.43. The van der Waals surface area contributed by atoms with Crippen LogP contribution in [0, 0.1) is 0 Å². The van der Waals surface area contributed by atoms with Crippen LogP contribution in [0.2, 0.25) is 0 Å². The van der Waals surface area contributed by atoms with Crippen molar-refractivity contribution in [1.29, 1.82) is 0 Å². The van der Waals surface area contributed by atoms with Gasteiger partial charge in [-0.15, -0.1) is 0 Å². The lowest BCUT2D eigenvalue weighted by Crippen LogP contribution is -2.17. The summed E-state index contributed by atoms with van der Waals surface area (Å²) in [5, 5.41) is 0. The first-order valence-corrected chi connectivity index (χ1v) is 4.98. The van der Waals surface area contributed by atoms with E-state index in [4.69, 9.17) is 4.74 Å². The first-order valence-electron chi connectivity index (χ1n) is 4.18. The van der Waals surface area contributed by atoms with Crippen LogP contribution >= 0.6 is 15.9 Å². The van der Waals surface area contributed by atoms with Gasteiger partial charge < -0.3 is 4.74 Å². The molecule has 1 fully saturated rings. The second kappa shape index (κ2) is 3.46. The zero-order valence-electron chi connectivity index (χ0n) is 7.21. The predicted molar refractivity (Wildman–Crippen MR) is 50.8 cm³/mol. The lowest BCUT2D eigenvalue weighted by molar-refractivity contribution is 0.146. The largest absolute Gasteiger partial charge is 0.474 e. The molecular formula is C9H8BrF2NO. The van der Waals surface area contributed by atoms with Crippen LogP contribution in [-0.4, -0.2) is 23.4 Å². The fraction of sp³-hybridized carbons (Fsp3) is 0.444. The minimum atomic E-state index is -1.79. The van der Waals surface area contributed by atoms with E-state index in [1.54, 1.807) is 18.2 Å². The zero-order chi connectivity index (χ0) is 10.2. The number of halogens is 3. The first-order chi connectivity index (χ1) is 6.60. The number of rotatable bonds is 3. The lowest BCUT2D eigenvalue weighted by atomic mass is 10.4. The van der Waals surface area contributed by atoms with Crippen molar-refractivity contribution >= 4 is 15.9 Å². The molecule has 0 N–H and O–H groups in total. The average molecular weight is 264 g/mol. The number of nitrogens with zero attached hydrogens (tertiary/aromatic N) is 1. The molecule has 1 saturated carbocycles. The highest BCUT2D eigenvalue weighted by Gasteiger charge is 2.57. The van der Waals surface area contributed by atoms with Crippen molar-refractivity contribution in [3.63, 3.8) is 0 Å². The summed E-state index contributed by atoms with van der Waals surface area (Å²) >= 11 is 3.15. The van der Waals surface area contributed by atoms with Gasteiger partial charge in [-0.3, -0.25) is 0 Å². The van der Waals surface area contributed by atoms with Crippen LogP contribution in [-0.2, 0) is 0 Å². The molecule has 0 aromatic carbocycles. The molecule has 2 atom stereocenters. The fourth-order valence-corrected chi connectivity index (χ4v) is 1.38. The van der Waals surface area contributed by atoms with E-state index < -0.39 is 11.8 Å². The molecule has 1 aliphatic carbocycles. The molecule has 1 aliphatic rings. The Morgan fingerprint density at radius 3 is 2.93 bits per heavy atom. The molecule has 14 heavy (non-hydrogen) atoms. The fourth-order valence-electron chi connectivity index (χ4n) is 1.05. The second-order valence-electron chi connectivity index (χ2n) is 3.29. The van der Waals surface area contributed by atoms with E-state index in [-0.39, 0.29) is 13.0 Å². The molecule has 1 aromatic rings. The van der Waals surface area contributed by atoms with Crippen LogP contribution < -0.4 is 4.74 Å². The number of alkyl halides is 2. The average Bonchev–Trinajstić information content (AvgIpc) is 2.72. The Bertz CT molecular complexity index is 349. The predicted octanol–water partition coefficient (Wildman–Crippen LogP) is 2.67. The minimum absolute atomic E-state index is 0.0684. The van der Waals surface area contributed by atoms with Crippen molar-refractivity contribution in [3.05, 3.63) is 22.8 Å². The van der Waals surface area contributed by atoms with Gasteiger partial charge in [0.1, 0.15) is 17.4 Å². The van der Waals surface area contributed by atoms with Crippen molar-refractivity contribution in [1.82, 2.24) is 4.98 Å². The summed E-state index contributed by atoms with van der Waals surface area (Å²) in [7, 11) is 0. The van der Waals surface area contributed by atoms with Gasteiger partial charge in [0.2, 0.25) is 5.88 Å². The van der Waals surface area contributed by atoms with Gasteiger partial charge in [-0.05, 0) is 22.0 Å². The van der Waals surface area contributed by atoms with Gasteiger partial charge in [-0.2, -0.15) is 0 Å². The number of ether oxygens (including phenoxy) is 1. The smallest absolute Gasteiger partial charge is 0.214 e. The Balaban J connectivity index is 1.92. The second-order valence-corrected chi connectivity index (χ2v) is 4.11. The Kier molecular flexibility index (Phi) is 2.43. The molecule has 1 aromatic heterocycles. The lowest BCUT2D eigenvalue weighted by Gasteiger charge is -2.07. The van der Waals surface area contributed by atoms with Crippen LogP contribution in [0.25, 0.3) is 0 Å². The van der Waals surface area contributed by atoms with Gasteiger partial charge in [0.05, 0.1) is 0 Å². The third kappa shape index (κ3) is 2.03. The van der Waals surface area contributed by atoms with Crippen LogP contribution in [0.15, 0.2) is 22.8 Å². The summed E-state index contributed by atoms with van der Waals surface area (Å²) < 4.78 is 31.2. The Hall–Kier alpha value is -0.710. The van der Waals surface area contributed by atoms with Crippen LogP contribution in [0.3, 0.4) is 0 Å². The maximum Gasteiger partial charge on any atom is 0.214 e. The maximum absolute atomic E-state index is 13.1. The van der Waals surface area contributed by atoms with E-state index in [0.717, 1.165) is 0 Å². The van der Waals surface area contributed by atoms with Crippen molar-refractivity contribution < 1.29 is 13.5 Å². The van der Waals surface area contributed by atoms with Crippen molar-refractivity contribution in [2.24, 2.45) is 0 Å². The van der Waals surface area contributed by atoms with Crippen LogP contribution in [0.5, 0.6) is 5.88 Å². The van der Waals surface area contributed by atoms with Gasteiger partial charge in [0.25, 0.3) is 0 Å². The first kappa shape index (κ1) is 9.83. The van der Waals surface area contributed by atoms with Crippen molar-refractivity contribution in [2.45, 2.75) is 18.3 Å². The molecule has 2 rings (SSSR count). The van der Waals surface area contributed by atoms with Crippen LogP contribution in [0.4, 0.5) is 8.78 Å². The SMILES string of the molecule is FC1CC1(F)COc1cccc(Br)n1. The molecule has 0 saturated heterocycles. The number of pyridine rings is 1. The van der Waals surface area contributed by atoms with Gasteiger partial charge in [0.15, 0.2) is 5.67 Å². The van der Waals surface area contributed by atoms with Gasteiger partial charge >= 0.3 is 0 Å².